The first-order valence-corrected chi connectivity index (χ1v) is 6.64. The van der Waals surface area contributed by atoms with E-state index in [1.54, 1.807) is 19.3 Å². The highest BCUT2D eigenvalue weighted by Crippen LogP contribution is 2.15. The van der Waals surface area contributed by atoms with E-state index < -0.39 is 5.97 Å². The van der Waals surface area contributed by atoms with Crippen LogP contribution in [0.15, 0.2) is 33.3 Å². The van der Waals surface area contributed by atoms with E-state index in [0.29, 0.717) is 18.3 Å². The molecule has 5 nitrogen and oxygen atoms in total. The number of nitrogens with one attached hydrogen (secondary N) is 1. The molecular weight excluding hydrogens is 258 g/mol. The Kier molecular flexibility index (Phi) is 4.63. The summed E-state index contributed by atoms with van der Waals surface area (Å²) in [7, 11) is 0. The van der Waals surface area contributed by atoms with Crippen molar-refractivity contribution in [2.45, 2.75) is 39.3 Å². The van der Waals surface area contributed by atoms with Crippen LogP contribution >= 0.6 is 0 Å². The van der Waals surface area contributed by atoms with Gasteiger partial charge in [-0.1, -0.05) is 0 Å². The van der Waals surface area contributed by atoms with Crippen molar-refractivity contribution in [1.29, 1.82) is 0 Å². The molecule has 0 aliphatic rings. The Morgan fingerprint density at radius 3 is 2.90 bits per heavy atom. The van der Waals surface area contributed by atoms with Gasteiger partial charge in [0.25, 0.3) is 0 Å². The van der Waals surface area contributed by atoms with E-state index in [2.05, 4.69) is 12.2 Å². The van der Waals surface area contributed by atoms with Gasteiger partial charge in [-0.2, -0.15) is 0 Å². The van der Waals surface area contributed by atoms with Crippen LogP contribution in [0.5, 0.6) is 0 Å². The van der Waals surface area contributed by atoms with Gasteiger partial charge in [0.1, 0.15) is 11.5 Å². The van der Waals surface area contributed by atoms with E-state index in [4.69, 9.17) is 13.9 Å². The molecule has 0 amide bonds. The molecule has 0 radical (unpaired) electrons. The zero-order chi connectivity index (χ0) is 14.5. The van der Waals surface area contributed by atoms with Gasteiger partial charge in [0, 0.05) is 24.6 Å². The van der Waals surface area contributed by atoms with Crippen LogP contribution in [0.2, 0.25) is 0 Å². The number of carboxylic acid groups (broad SMARTS) is 1. The molecular formula is C15H19NO4. The fourth-order valence-electron chi connectivity index (χ4n) is 2.00. The number of rotatable bonds is 7. The molecule has 0 saturated carbocycles. The van der Waals surface area contributed by atoms with Crippen LogP contribution in [-0.4, -0.2) is 17.1 Å². The molecule has 2 heterocycles. The number of aryl methyl sites for hydroxylation is 2. The van der Waals surface area contributed by atoms with Crippen LogP contribution in [0.4, 0.5) is 0 Å². The maximum absolute atomic E-state index is 10.8. The molecule has 0 saturated heterocycles. The molecule has 2 aromatic rings. The summed E-state index contributed by atoms with van der Waals surface area (Å²) in [5.41, 5.74) is 0.882. The predicted molar refractivity (Wildman–Crippen MR) is 73.7 cm³/mol. The molecule has 5 heteroatoms. The van der Waals surface area contributed by atoms with Gasteiger partial charge in [0.05, 0.1) is 6.26 Å². The van der Waals surface area contributed by atoms with Crippen molar-refractivity contribution in [3.05, 3.63) is 47.3 Å². The molecule has 2 rings (SSSR count). The molecule has 2 N–H and O–H groups in total. The second kappa shape index (κ2) is 6.43. The highest BCUT2D eigenvalue weighted by molar-refractivity contribution is 5.84. The van der Waals surface area contributed by atoms with E-state index in [9.17, 15) is 4.79 Å². The van der Waals surface area contributed by atoms with Gasteiger partial charge >= 0.3 is 5.97 Å². The summed E-state index contributed by atoms with van der Waals surface area (Å²) in [6.45, 7) is 4.47. The van der Waals surface area contributed by atoms with E-state index in [1.165, 1.54) is 0 Å². The highest BCUT2D eigenvalue weighted by Gasteiger charge is 2.13. The number of hydrogen-bond donors (Lipinski definition) is 2. The standard InChI is InChI=1S/C15H19NO4/c1-10(5-6-13-4-3-7-19-13)16-9-12-8-14(15(17)18)20-11(12)2/h3-4,7-8,10,16H,5-6,9H2,1-2H3,(H,17,18). The number of aromatic carboxylic acids is 1. The minimum Gasteiger partial charge on any atom is -0.475 e. The molecule has 108 valence electrons. The molecule has 20 heavy (non-hydrogen) atoms. The fourth-order valence-corrected chi connectivity index (χ4v) is 2.00. The Morgan fingerprint density at radius 1 is 1.50 bits per heavy atom. The normalized spacial score (nSPS) is 12.5. The van der Waals surface area contributed by atoms with Crippen LogP contribution in [0.25, 0.3) is 0 Å². The van der Waals surface area contributed by atoms with Crippen molar-refractivity contribution in [3.8, 4) is 0 Å². The van der Waals surface area contributed by atoms with E-state index in [-0.39, 0.29) is 5.76 Å². The quantitative estimate of drug-likeness (QED) is 0.813. The summed E-state index contributed by atoms with van der Waals surface area (Å²) < 4.78 is 10.5. The fraction of sp³-hybridized carbons (Fsp3) is 0.400. The summed E-state index contributed by atoms with van der Waals surface area (Å²) in [6.07, 6.45) is 3.51. The summed E-state index contributed by atoms with van der Waals surface area (Å²) >= 11 is 0. The first-order valence-electron chi connectivity index (χ1n) is 6.64. The molecule has 1 unspecified atom stereocenters. The molecule has 1 atom stereocenters. The van der Waals surface area contributed by atoms with Crippen LogP contribution in [0, 0.1) is 6.92 Å². The van der Waals surface area contributed by atoms with E-state index >= 15 is 0 Å². The summed E-state index contributed by atoms with van der Waals surface area (Å²) in [6, 6.07) is 5.73. The minimum absolute atomic E-state index is 0.0115. The Hall–Kier alpha value is -2.01. The van der Waals surface area contributed by atoms with Gasteiger partial charge in [0.15, 0.2) is 0 Å². The Labute approximate surface area is 117 Å². The third kappa shape index (κ3) is 3.74. The zero-order valence-electron chi connectivity index (χ0n) is 11.7. The smallest absolute Gasteiger partial charge is 0.371 e. The highest BCUT2D eigenvalue weighted by atomic mass is 16.4. The van der Waals surface area contributed by atoms with Crippen LogP contribution in [0.1, 0.15) is 41.0 Å². The Bertz CT molecular complexity index is 556. The molecule has 0 bridgehead atoms. The van der Waals surface area contributed by atoms with Crippen molar-refractivity contribution < 1.29 is 18.7 Å². The lowest BCUT2D eigenvalue weighted by Crippen LogP contribution is -2.26. The number of hydrogen-bond acceptors (Lipinski definition) is 4. The van der Waals surface area contributed by atoms with Crippen molar-refractivity contribution in [2.75, 3.05) is 0 Å². The third-order valence-corrected chi connectivity index (χ3v) is 3.28. The maximum atomic E-state index is 10.8. The van der Waals surface area contributed by atoms with Gasteiger partial charge in [-0.15, -0.1) is 0 Å². The summed E-state index contributed by atoms with van der Waals surface area (Å²) in [4.78, 5) is 10.8. The second-order valence-electron chi connectivity index (χ2n) is 4.90. The Morgan fingerprint density at radius 2 is 2.30 bits per heavy atom. The number of furan rings is 2. The molecule has 0 spiro atoms. The predicted octanol–water partition coefficient (Wildman–Crippen LogP) is 2.99. The molecule has 0 fully saturated rings. The third-order valence-electron chi connectivity index (χ3n) is 3.28. The van der Waals surface area contributed by atoms with Gasteiger partial charge < -0.3 is 19.3 Å². The largest absolute Gasteiger partial charge is 0.475 e. The zero-order valence-corrected chi connectivity index (χ0v) is 11.7. The van der Waals surface area contributed by atoms with Crippen molar-refractivity contribution in [3.63, 3.8) is 0 Å². The SMILES string of the molecule is Cc1oc(C(=O)O)cc1CNC(C)CCc1ccco1. The average molecular weight is 277 g/mol. The van der Waals surface area contributed by atoms with Crippen molar-refractivity contribution in [1.82, 2.24) is 5.32 Å². The van der Waals surface area contributed by atoms with Gasteiger partial charge in [-0.25, -0.2) is 4.79 Å². The average Bonchev–Trinajstić information content (AvgIpc) is 3.03. The van der Waals surface area contributed by atoms with Crippen LogP contribution in [-0.2, 0) is 13.0 Å². The van der Waals surface area contributed by atoms with Gasteiger partial charge in [-0.05, 0) is 38.5 Å². The molecule has 0 aliphatic carbocycles. The molecule has 0 aliphatic heterocycles. The first-order chi connectivity index (χ1) is 9.56. The number of carbonyl (C=O) groups is 1. The lowest BCUT2D eigenvalue weighted by Gasteiger charge is -2.12. The van der Waals surface area contributed by atoms with Crippen LogP contribution in [0.3, 0.4) is 0 Å². The minimum atomic E-state index is -1.04. The van der Waals surface area contributed by atoms with E-state index in [1.807, 2.05) is 12.1 Å². The topological polar surface area (TPSA) is 75.6 Å². The molecule has 2 aromatic heterocycles. The monoisotopic (exact) mass is 277 g/mol. The lowest BCUT2D eigenvalue weighted by atomic mass is 10.1. The number of carboxylic acids is 1. The lowest BCUT2D eigenvalue weighted by molar-refractivity contribution is 0.0661. The maximum Gasteiger partial charge on any atom is 0.371 e. The molecule has 0 aromatic carbocycles. The summed E-state index contributed by atoms with van der Waals surface area (Å²) in [5.74, 6) is 0.576. The summed E-state index contributed by atoms with van der Waals surface area (Å²) in [5, 5.41) is 12.2. The van der Waals surface area contributed by atoms with E-state index in [0.717, 1.165) is 24.2 Å². The van der Waals surface area contributed by atoms with Crippen LogP contribution < -0.4 is 5.32 Å². The second-order valence-corrected chi connectivity index (χ2v) is 4.90. The Balaban J connectivity index is 1.80. The van der Waals surface area contributed by atoms with Gasteiger partial charge in [-0.3, -0.25) is 0 Å². The first kappa shape index (κ1) is 14.4. The van der Waals surface area contributed by atoms with Gasteiger partial charge in [0.2, 0.25) is 5.76 Å². The van der Waals surface area contributed by atoms with Crippen molar-refractivity contribution in [2.24, 2.45) is 0 Å². The van der Waals surface area contributed by atoms with Crippen molar-refractivity contribution >= 4 is 5.97 Å².